The summed E-state index contributed by atoms with van der Waals surface area (Å²) in [6.07, 6.45) is 2.20. The highest BCUT2D eigenvalue weighted by atomic mass is 32.2. The van der Waals surface area contributed by atoms with Gasteiger partial charge >= 0.3 is 0 Å². The van der Waals surface area contributed by atoms with E-state index in [2.05, 4.69) is 5.32 Å². The third kappa shape index (κ3) is 4.19. The van der Waals surface area contributed by atoms with Gasteiger partial charge in [0.15, 0.2) is 0 Å². The van der Waals surface area contributed by atoms with E-state index in [0.29, 0.717) is 13.0 Å². The van der Waals surface area contributed by atoms with Gasteiger partial charge in [-0.25, -0.2) is 0 Å². The number of fused-ring (bicyclic) bond motifs is 1. The number of amides is 2. The first-order valence-corrected chi connectivity index (χ1v) is 10.4. The summed E-state index contributed by atoms with van der Waals surface area (Å²) in [5.74, 6) is 1.47. The molecule has 2 heterocycles. The Hall–Kier alpha value is -2.67. The number of aryl methyl sites for hydroxylation is 1. The average molecular weight is 413 g/mol. The second-order valence-electron chi connectivity index (χ2n) is 7.77. The van der Waals surface area contributed by atoms with Crippen LogP contribution in [0.2, 0.25) is 0 Å². The van der Waals surface area contributed by atoms with E-state index in [4.69, 9.17) is 9.47 Å². The number of ether oxygens (including phenoxy) is 2. The van der Waals surface area contributed by atoms with Crippen LogP contribution in [0.15, 0.2) is 36.4 Å². The smallest absolute Gasteiger partial charge is 0.286 e. The third-order valence-corrected chi connectivity index (χ3v) is 6.37. The van der Waals surface area contributed by atoms with Crippen molar-refractivity contribution in [3.8, 4) is 17.2 Å². The van der Waals surface area contributed by atoms with Gasteiger partial charge in [-0.15, -0.1) is 0 Å². The molecule has 2 N–H and O–H groups in total. The summed E-state index contributed by atoms with van der Waals surface area (Å²) in [6.45, 7) is 4.26. The lowest BCUT2D eigenvalue weighted by molar-refractivity contribution is -0.118. The average Bonchev–Trinajstić information content (AvgIpc) is 3.01. The lowest BCUT2D eigenvalue weighted by atomic mass is 9.92. The molecule has 4 rings (SSSR count). The highest BCUT2D eigenvalue weighted by molar-refractivity contribution is 8.15. The van der Waals surface area contributed by atoms with Crippen LogP contribution < -0.4 is 14.8 Å². The van der Waals surface area contributed by atoms with Crippen LogP contribution in [0.25, 0.3) is 0 Å². The molecule has 29 heavy (non-hydrogen) atoms. The molecule has 7 heteroatoms. The van der Waals surface area contributed by atoms with Crippen LogP contribution >= 0.6 is 11.8 Å². The summed E-state index contributed by atoms with van der Waals surface area (Å²) in [4.78, 5) is 23.0. The third-order valence-electron chi connectivity index (χ3n) is 5.39. The predicted molar refractivity (Wildman–Crippen MR) is 111 cm³/mol. The SMILES string of the molecule is Cc1c(O)ccc2c1OC(C)(COc1ccc(CC3SC(=O)NC3=O)cc1)CC2. The van der Waals surface area contributed by atoms with Gasteiger partial charge in [0.05, 0.1) is 5.25 Å². The van der Waals surface area contributed by atoms with Gasteiger partial charge in [0.25, 0.3) is 5.24 Å². The summed E-state index contributed by atoms with van der Waals surface area (Å²) < 4.78 is 12.2. The minimum absolute atomic E-state index is 0.232. The summed E-state index contributed by atoms with van der Waals surface area (Å²) in [5, 5.41) is 11.6. The Labute approximate surface area is 173 Å². The Morgan fingerprint density at radius 3 is 2.69 bits per heavy atom. The molecule has 1 saturated heterocycles. The summed E-state index contributed by atoms with van der Waals surface area (Å²) in [7, 11) is 0. The molecule has 0 bridgehead atoms. The Kier molecular flexibility index (Phi) is 5.17. The van der Waals surface area contributed by atoms with Crippen molar-refractivity contribution in [1.29, 1.82) is 0 Å². The van der Waals surface area contributed by atoms with Crippen molar-refractivity contribution in [3.63, 3.8) is 0 Å². The number of imide groups is 1. The molecule has 0 aromatic heterocycles. The molecule has 2 unspecified atom stereocenters. The first-order valence-electron chi connectivity index (χ1n) is 9.57. The molecule has 2 aromatic rings. The van der Waals surface area contributed by atoms with Gasteiger partial charge in [0.1, 0.15) is 29.5 Å². The molecule has 2 amide bonds. The first kappa shape index (κ1) is 19.6. The molecular weight excluding hydrogens is 390 g/mol. The largest absolute Gasteiger partial charge is 0.508 e. The van der Waals surface area contributed by atoms with E-state index >= 15 is 0 Å². The van der Waals surface area contributed by atoms with Gasteiger partial charge in [0, 0.05) is 5.56 Å². The minimum Gasteiger partial charge on any atom is -0.508 e. The predicted octanol–water partition coefficient (Wildman–Crippen LogP) is 3.76. The second kappa shape index (κ2) is 7.63. The van der Waals surface area contributed by atoms with Gasteiger partial charge in [0.2, 0.25) is 5.91 Å². The number of nitrogens with one attached hydrogen (secondary N) is 1. The van der Waals surface area contributed by atoms with E-state index in [9.17, 15) is 14.7 Å². The molecule has 1 fully saturated rings. The molecule has 0 saturated carbocycles. The van der Waals surface area contributed by atoms with Crippen LogP contribution in [0.4, 0.5) is 4.79 Å². The highest BCUT2D eigenvalue weighted by Gasteiger charge is 2.34. The molecule has 2 aliphatic rings. The summed E-state index contributed by atoms with van der Waals surface area (Å²) in [5.41, 5.74) is 2.35. The fourth-order valence-electron chi connectivity index (χ4n) is 3.57. The van der Waals surface area contributed by atoms with Gasteiger partial charge in [-0.1, -0.05) is 30.0 Å². The molecule has 2 aliphatic heterocycles. The lowest BCUT2D eigenvalue weighted by Crippen LogP contribution is -2.42. The van der Waals surface area contributed by atoms with Crippen LogP contribution in [0, 0.1) is 6.92 Å². The second-order valence-corrected chi connectivity index (χ2v) is 8.95. The normalized spacial score (nSPS) is 23.3. The van der Waals surface area contributed by atoms with E-state index < -0.39 is 5.60 Å². The Balaban J connectivity index is 1.37. The lowest BCUT2D eigenvalue weighted by Gasteiger charge is -2.36. The summed E-state index contributed by atoms with van der Waals surface area (Å²) >= 11 is 1.03. The Morgan fingerprint density at radius 2 is 2.00 bits per heavy atom. The number of carbonyl (C=O) groups is 2. The van der Waals surface area contributed by atoms with Crippen molar-refractivity contribution in [2.24, 2.45) is 0 Å². The molecule has 0 radical (unpaired) electrons. The number of phenolic OH excluding ortho intramolecular Hbond substituents is 1. The van der Waals surface area contributed by atoms with Crippen LogP contribution in [0.3, 0.4) is 0 Å². The van der Waals surface area contributed by atoms with Gasteiger partial charge in [-0.3, -0.25) is 14.9 Å². The molecule has 0 spiro atoms. The molecule has 2 aromatic carbocycles. The number of aromatic hydroxyl groups is 1. The van der Waals surface area contributed by atoms with Crippen LogP contribution in [0.1, 0.15) is 30.0 Å². The van der Waals surface area contributed by atoms with Crippen molar-refractivity contribution in [1.82, 2.24) is 5.32 Å². The summed E-state index contributed by atoms with van der Waals surface area (Å²) in [6, 6.07) is 11.2. The molecular formula is C22H23NO5S. The number of carbonyl (C=O) groups excluding carboxylic acids is 2. The number of benzene rings is 2. The van der Waals surface area contributed by atoms with Crippen molar-refractivity contribution < 1.29 is 24.2 Å². The molecule has 6 nitrogen and oxygen atoms in total. The van der Waals surface area contributed by atoms with E-state index in [1.807, 2.05) is 44.2 Å². The van der Waals surface area contributed by atoms with Crippen molar-refractivity contribution in [2.45, 2.75) is 44.0 Å². The van der Waals surface area contributed by atoms with Crippen LogP contribution in [-0.4, -0.2) is 33.7 Å². The number of thioether (sulfide) groups is 1. The van der Waals surface area contributed by atoms with Crippen LogP contribution in [-0.2, 0) is 17.6 Å². The maximum atomic E-state index is 11.7. The maximum Gasteiger partial charge on any atom is 0.286 e. The molecule has 2 atom stereocenters. The molecule has 0 aliphatic carbocycles. The number of phenols is 1. The van der Waals surface area contributed by atoms with Crippen LogP contribution in [0.5, 0.6) is 17.2 Å². The minimum atomic E-state index is -0.483. The van der Waals surface area contributed by atoms with Crippen molar-refractivity contribution >= 4 is 22.9 Å². The number of hydrogen-bond donors (Lipinski definition) is 2. The standard InChI is InChI=1S/C22H23NO5S/c1-13-17(24)8-5-15-9-10-22(2,28-19(13)15)12-27-16-6-3-14(4-7-16)11-18-20(25)23-21(26)29-18/h3-8,18,24H,9-12H2,1-2H3,(H,23,25,26). The van der Waals surface area contributed by atoms with Gasteiger partial charge in [-0.05, 0) is 62.4 Å². The van der Waals surface area contributed by atoms with E-state index in [0.717, 1.165) is 52.8 Å². The Morgan fingerprint density at radius 1 is 1.24 bits per heavy atom. The Bertz CT molecular complexity index is 958. The van der Waals surface area contributed by atoms with Gasteiger partial charge in [-0.2, -0.15) is 0 Å². The zero-order chi connectivity index (χ0) is 20.6. The maximum absolute atomic E-state index is 11.7. The van der Waals surface area contributed by atoms with Gasteiger partial charge < -0.3 is 14.6 Å². The van der Waals surface area contributed by atoms with E-state index in [1.54, 1.807) is 6.07 Å². The highest BCUT2D eigenvalue weighted by Crippen LogP contribution is 2.39. The zero-order valence-corrected chi connectivity index (χ0v) is 17.2. The van der Waals surface area contributed by atoms with E-state index in [-0.39, 0.29) is 22.1 Å². The van der Waals surface area contributed by atoms with E-state index in [1.165, 1.54) is 0 Å². The quantitative estimate of drug-likeness (QED) is 0.777. The van der Waals surface area contributed by atoms with Crippen molar-refractivity contribution in [2.75, 3.05) is 6.61 Å². The first-order chi connectivity index (χ1) is 13.8. The topological polar surface area (TPSA) is 84.9 Å². The van der Waals surface area contributed by atoms with Crippen molar-refractivity contribution in [3.05, 3.63) is 53.1 Å². The zero-order valence-electron chi connectivity index (χ0n) is 16.4. The monoisotopic (exact) mass is 413 g/mol. The number of hydrogen-bond acceptors (Lipinski definition) is 6. The number of rotatable bonds is 5. The fraction of sp³-hybridized carbons (Fsp3) is 0.364. The fourth-order valence-corrected chi connectivity index (χ4v) is 4.43. The molecule has 152 valence electrons.